The van der Waals surface area contributed by atoms with Crippen LogP contribution in [0.2, 0.25) is 0 Å². The van der Waals surface area contributed by atoms with E-state index in [2.05, 4.69) is 12.2 Å². The molecule has 1 fully saturated rings. The van der Waals surface area contributed by atoms with Crippen molar-refractivity contribution in [3.05, 3.63) is 59.7 Å². The van der Waals surface area contributed by atoms with Crippen LogP contribution >= 0.6 is 0 Å². The zero-order valence-electron chi connectivity index (χ0n) is 16.9. The number of Topliss-reactive ketones (excluding diaryl/α,β-unsaturated/α-hetero) is 1. The Morgan fingerprint density at radius 2 is 1.83 bits per heavy atom. The summed E-state index contributed by atoms with van der Waals surface area (Å²) in [4.78, 5) is 12.7. The lowest BCUT2D eigenvalue weighted by molar-refractivity contribution is 0.0990. The molecular formula is C22H28N2O4S. The van der Waals surface area contributed by atoms with Crippen molar-refractivity contribution >= 4 is 15.8 Å². The van der Waals surface area contributed by atoms with Crippen LogP contribution in [0.4, 0.5) is 0 Å². The van der Waals surface area contributed by atoms with Gasteiger partial charge in [0, 0.05) is 25.2 Å². The molecule has 1 aliphatic rings. The second-order valence-corrected chi connectivity index (χ2v) is 9.43. The Bertz CT molecular complexity index is 934. The second-order valence-electron chi connectivity index (χ2n) is 7.49. The SMILES string of the molecule is COc1ccc(CNCC(=O)c2cccc(S(=O)(=O)N3CCC(C)CC3)c2)cc1. The van der Waals surface area contributed by atoms with Crippen molar-refractivity contribution in [3.63, 3.8) is 0 Å². The van der Waals surface area contributed by atoms with Crippen molar-refractivity contribution in [2.24, 2.45) is 5.92 Å². The lowest BCUT2D eigenvalue weighted by Gasteiger charge is -2.29. The fourth-order valence-corrected chi connectivity index (χ4v) is 4.89. The Morgan fingerprint density at radius 1 is 1.14 bits per heavy atom. The Hall–Kier alpha value is -2.22. The number of nitrogens with zero attached hydrogens (tertiary/aromatic N) is 1. The highest BCUT2D eigenvalue weighted by molar-refractivity contribution is 7.89. The molecule has 6 nitrogen and oxygen atoms in total. The molecule has 0 bridgehead atoms. The van der Waals surface area contributed by atoms with Gasteiger partial charge in [-0.3, -0.25) is 4.79 Å². The predicted octanol–water partition coefficient (Wildman–Crippen LogP) is 3.09. The highest BCUT2D eigenvalue weighted by atomic mass is 32.2. The van der Waals surface area contributed by atoms with Gasteiger partial charge in [-0.15, -0.1) is 0 Å². The van der Waals surface area contributed by atoms with Crippen molar-refractivity contribution in [1.29, 1.82) is 0 Å². The van der Waals surface area contributed by atoms with Gasteiger partial charge in [0.2, 0.25) is 10.0 Å². The summed E-state index contributed by atoms with van der Waals surface area (Å²) in [7, 11) is -1.95. The van der Waals surface area contributed by atoms with Gasteiger partial charge in [0.25, 0.3) is 0 Å². The smallest absolute Gasteiger partial charge is 0.243 e. The van der Waals surface area contributed by atoms with Crippen LogP contribution in [-0.2, 0) is 16.6 Å². The molecule has 1 heterocycles. The number of carbonyl (C=O) groups is 1. The molecule has 2 aromatic carbocycles. The number of ketones is 1. The predicted molar refractivity (Wildman–Crippen MR) is 113 cm³/mol. The quantitative estimate of drug-likeness (QED) is 0.670. The maximum atomic E-state index is 12.9. The molecule has 1 aliphatic heterocycles. The number of ether oxygens (including phenoxy) is 1. The molecule has 2 aromatic rings. The Balaban J connectivity index is 1.61. The first-order valence-corrected chi connectivity index (χ1v) is 11.3. The molecule has 1 saturated heterocycles. The molecular weight excluding hydrogens is 388 g/mol. The monoisotopic (exact) mass is 416 g/mol. The second kappa shape index (κ2) is 9.52. The summed E-state index contributed by atoms with van der Waals surface area (Å²) in [6.45, 7) is 3.88. The zero-order valence-corrected chi connectivity index (χ0v) is 17.7. The molecule has 29 heavy (non-hydrogen) atoms. The molecule has 1 N–H and O–H groups in total. The third-order valence-corrected chi connectivity index (χ3v) is 7.20. The molecule has 7 heteroatoms. The van der Waals surface area contributed by atoms with E-state index in [1.165, 1.54) is 10.4 Å². The van der Waals surface area contributed by atoms with Crippen LogP contribution in [0.1, 0.15) is 35.7 Å². The van der Waals surface area contributed by atoms with E-state index in [0.717, 1.165) is 24.2 Å². The summed E-state index contributed by atoms with van der Waals surface area (Å²) in [6.07, 6.45) is 1.74. The number of sulfonamides is 1. The largest absolute Gasteiger partial charge is 0.497 e. The van der Waals surface area contributed by atoms with Gasteiger partial charge in [-0.25, -0.2) is 8.42 Å². The average molecular weight is 417 g/mol. The Labute approximate surface area is 172 Å². The molecule has 0 amide bonds. The van der Waals surface area contributed by atoms with Gasteiger partial charge in [0.15, 0.2) is 5.78 Å². The van der Waals surface area contributed by atoms with Crippen LogP contribution in [0.3, 0.4) is 0 Å². The van der Waals surface area contributed by atoms with Gasteiger partial charge in [-0.1, -0.05) is 31.2 Å². The number of nitrogens with one attached hydrogen (secondary N) is 1. The minimum atomic E-state index is -3.56. The van der Waals surface area contributed by atoms with Gasteiger partial charge >= 0.3 is 0 Å². The number of rotatable bonds is 8. The first-order chi connectivity index (χ1) is 13.9. The van der Waals surface area contributed by atoms with E-state index < -0.39 is 10.0 Å². The molecule has 0 aliphatic carbocycles. The van der Waals surface area contributed by atoms with Gasteiger partial charge in [0.1, 0.15) is 5.75 Å². The van der Waals surface area contributed by atoms with E-state index in [0.29, 0.717) is 31.1 Å². The molecule has 156 valence electrons. The highest BCUT2D eigenvalue weighted by Gasteiger charge is 2.28. The summed E-state index contributed by atoms with van der Waals surface area (Å²) in [5, 5.41) is 3.11. The van der Waals surface area contributed by atoms with Crippen molar-refractivity contribution in [2.75, 3.05) is 26.7 Å². The van der Waals surface area contributed by atoms with Gasteiger partial charge in [-0.05, 0) is 48.6 Å². The third-order valence-electron chi connectivity index (χ3n) is 5.31. The number of piperidine rings is 1. The number of methoxy groups -OCH3 is 1. The average Bonchev–Trinajstić information content (AvgIpc) is 2.74. The molecule has 3 rings (SSSR count). The van der Waals surface area contributed by atoms with Gasteiger partial charge < -0.3 is 10.1 Å². The van der Waals surface area contributed by atoms with E-state index in [1.807, 2.05) is 24.3 Å². The molecule has 0 atom stereocenters. The highest BCUT2D eigenvalue weighted by Crippen LogP contribution is 2.24. The maximum Gasteiger partial charge on any atom is 0.243 e. The van der Waals surface area contributed by atoms with Crippen molar-refractivity contribution in [1.82, 2.24) is 9.62 Å². The van der Waals surface area contributed by atoms with Crippen LogP contribution in [0.15, 0.2) is 53.4 Å². The standard InChI is InChI=1S/C22H28N2O4S/c1-17-10-12-24(13-11-17)29(26,27)21-5-3-4-19(14-21)22(25)16-23-15-18-6-8-20(28-2)9-7-18/h3-9,14,17,23H,10-13,15-16H2,1-2H3. The molecule has 0 spiro atoms. The Morgan fingerprint density at radius 3 is 2.48 bits per heavy atom. The molecule has 0 unspecified atom stereocenters. The zero-order chi connectivity index (χ0) is 20.9. The van der Waals surface area contributed by atoms with Gasteiger partial charge in [-0.2, -0.15) is 4.31 Å². The summed E-state index contributed by atoms with van der Waals surface area (Å²) < 4.78 is 32.5. The maximum absolute atomic E-state index is 12.9. The number of hydrogen-bond donors (Lipinski definition) is 1. The fraction of sp³-hybridized carbons (Fsp3) is 0.409. The first-order valence-electron chi connectivity index (χ1n) is 9.87. The van der Waals surface area contributed by atoms with Crippen LogP contribution in [0.5, 0.6) is 5.75 Å². The lowest BCUT2D eigenvalue weighted by atomic mass is 10.0. The van der Waals surface area contributed by atoms with Gasteiger partial charge in [0.05, 0.1) is 18.6 Å². The summed E-state index contributed by atoms with van der Waals surface area (Å²) in [6, 6.07) is 14.0. The van der Waals surface area contributed by atoms with E-state index in [-0.39, 0.29) is 17.2 Å². The summed E-state index contributed by atoms with van der Waals surface area (Å²) >= 11 is 0. The first kappa shape index (κ1) is 21.5. The summed E-state index contributed by atoms with van der Waals surface area (Å²) in [5.41, 5.74) is 1.44. The van der Waals surface area contributed by atoms with E-state index >= 15 is 0 Å². The van der Waals surface area contributed by atoms with E-state index in [4.69, 9.17) is 4.74 Å². The van der Waals surface area contributed by atoms with Crippen molar-refractivity contribution in [2.45, 2.75) is 31.2 Å². The molecule has 0 aromatic heterocycles. The van der Waals surface area contributed by atoms with Crippen LogP contribution in [0.25, 0.3) is 0 Å². The topological polar surface area (TPSA) is 75.7 Å². The van der Waals surface area contributed by atoms with E-state index in [1.54, 1.807) is 25.3 Å². The van der Waals surface area contributed by atoms with Crippen molar-refractivity contribution < 1.29 is 17.9 Å². The number of hydrogen-bond acceptors (Lipinski definition) is 5. The van der Waals surface area contributed by atoms with E-state index in [9.17, 15) is 13.2 Å². The van der Waals surface area contributed by atoms with Crippen LogP contribution in [-0.4, -0.2) is 45.3 Å². The normalized spacial score (nSPS) is 15.9. The minimum Gasteiger partial charge on any atom is -0.497 e. The van der Waals surface area contributed by atoms with Crippen LogP contribution < -0.4 is 10.1 Å². The summed E-state index contributed by atoms with van der Waals surface area (Å²) in [5.74, 6) is 1.19. The molecule has 0 radical (unpaired) electrons. The fourth-order valence-electron chi connectivity index (χ4n) is 3.37. The lowest BCUT2D eigenvalue weighted by Crippen LogP contribution is -2.37. The minimum absolute atomic E-state index is 0.136. The molecule has 0 saturated carbocycles. The van der Waals surface area contributed by atoms with Crippen LogP contribution in [0, 0.1) is 5.92 Å². The van der Waals surface area contributed by atoms with Crippen molar-refractivity contribution in [3.8, 4) is 5.75 Å². The number of benzene rings is 2. The third kappa shape index (κ3) is 5.44. The number of carbonyl (C=O) groups excluding carboxylic acids is 1. The Kier molecular flexibility index (Phi) is 7.05.